The molecule has 1 aromatic heterocycles. The molecule has 2 N–H and O–H groups in total. The number of nitrogens with zero attached hydrogens (tertiary/aromatic N) is 2. The Hall–Kier alpha value is -0.940. The van der Waals surface area contributed by atoms with E-state index in [1.165, 1.54) is 25.7 Å². The minimum Gasteiger partial charge on any atom is -0.370 e. The van der Waals surface area contributed by atoms with Crippen molar-refractivity contribution in [1.29, 1.82) is 0 Å². The fourth-order valence-corrected chi connectivity index (χ4v) is 3.40. The van der Waals surface area contributed by atoms with Crippen LogP contribution in [-0.2, 0) is 10.3 Å². The fourth-order valence-electron chi connectivity index (χ4n) is 3.40. The Kier molecular flexibility index (Phi) is 3.58. The summed E-state index contributed by atoms with van der Waals surface area (Å²) in [5.74, 6) is 2.34. The second-order valence-corrected chi connectivity index (χ2v) is 5.89. The van der Waals surface area contributed by atoms with Crippen LogP contribution in [0.4, 0.5) is 0 Å². The number of hydrogen-bond acceptors (Lipinski definition) is 5. The molecule has 0 spiro atoms. The van der Waals surface area contributed by atoms with Crippen LogP contribution in [0.2, 0.25) is 0 Å². The first kappa shape index (κ1) is 13.1. The molecule has 5 heteroatoms. The predicted octanol–water partition coefficient (Wildman–Crippen LogP) is 2.33. The highest BCUT2D eigenvalue weighted by atomic mass is 16.5. The van der Waals surface area contributed by atoms with Crippen LogP contribution in [0, 0.1) is 5.92 Å². The van der Waals surface area contributed by atoms with Gasteiger partial charge in [-0.25, -0.2) is 0 Å². The normalized spacial score (nSPS) is 30.0. The first-order chi connectivity index (χ1) is 9.29. The van der Waals surface area contributed by atoms with Crippen molar-refractivity contribution in [2.75, 3.05) is 13.7 Å². The molecule has 106 valence electrons. The molecule has 2 fully saturated rings. The lowest BCUT2D eigenvalue weighted by Gasteiger charge is -2.37. The van der Waals surface area contributed by atoms with E-state index in [2.05, 4.69) is 10.1 Å². The van der Waals surface area contributed by atoms with E-state index in [0.29, 0.717) is 18.4 Å². The van der Waals surface area contributed by atoms with Gasteiger partial charge in [0.2, 0.25) is 11.7 Å². The highest BCUT2D eigenvalue weighted by molar-refractivity contribution is 5.09. The minimum absolute atomic E-state index is 0.283. The molecule has 2 unspecified atom stereocenters. The number of ether oxygens (including phenoxy) is 1. The van der Waals surface area contributed by atoms with Crippen LogP contribution < -0.4 is 5.73 Å². The Balaban J connectivity index is 1.80. The molecule has 1 aromatic rings. The summed E-state index contributed by atoms with van der Waals surface area (Å²) in [6.45, 7) is 0.706. The van der Waals surface area contributed by atoms with E-state index < -0.39 is 0 Å². The molecule has 0 aliphatic heterocycles. The predicted molar refractivity (Wildman–Crippen MR) is 70.6 cm³/mol. The SMILES string of the molecule is COC1(c2noc(C3CCCCC3CN)n2)CCC1. The molecule has 2 aliphatic rings. The summed E-state index contributed by atoms with van der Waals surface area (Å²) in [7, 11) is 1.73. The maximum atomic E-state index is 5.87. The van der Waals surface area contributed by atoms with E-state index in [1.54, 1.807) is 7.11 Å². The van der Waals surface area contributed by atoms with Crippen molar-refractivity contribution in [3.05, 3.63) is 11.7 Å². The summed E-state index contributed by atoms with van der Waals surface area (Å²) >= 11 is 0. The molecule has 1 heterocycles. The number of aromatic nitrogens is 2. The van der Waals surface area contributed by atoms with Crippen molar-refractivity contribution in [1.82, 2.24) is 10.1 Å². The lowest BCUT2D eigenvalue weighted by atomic mass is 9.78. The second kappa shape index (κ2) is 5.21. The highest BCUT2D eigenvalue weighted by Gasteiger charge is 2.44. The molecule has 0 amide bonds. The van der Waals surface area contributed by atoms with Crippen LogP contribution in [0.1, 0.15) is 62.6 Å². The lowest BCUT2D eigenvalue weighted by Crippen LogP contribution is -2.37. The molecule has 0 bridgehead atoms. The van der Waals surface area contributed by atoms with Crippen molar-refractivity contribution in [3.8, 4) is 0 Å². The zero-order valence-electron chi connectivity index (χ0n) is 11.6. The van der Waals surface area contributed by atoms with Crippen LogP contribution in [0.15, 0.2) is 4.52 Å². The monoisotopic (exact) mass is 265 g/mol. The lowest BCUT2D eigenvalue weighted by molar-refractivity contribution is -0.0858. The number of hydrogen-bond donors (Lipinski definition) is 1. The van der Waals surface area contributed by atoms with Gasteiger partial charge in [0.05, 0.1) is 0 Å². The van der Waals surface area contributed by atoms with E-state index >= 15 is 0 Å². The van der Waals surface area contributed by atoms with E-state index in [1.807, 2.05) is 0 Å². The number of methoxy groups -OCH3 is 1. The summed E-state index contributed by atoms with van der Waals surface area (Å²) < 4.78 is 11.1. The number of nitrogens with two attached hydrogens (primary N) is 1. The van der Waals surface area contributed by atoms with Crippen LogP contribution in [0.25, 0.3) is 0 Å². The fraction of sp³-hybridized carbons (Fsp3) is 0.857. The zero-order chi connectivity index (χ0) is 13.3. The van der Waals surface area contributed by atoms with Gasteiger partial charge in [-0.2, -0.15) is 4.98 Å². The van der Waals surface area contributed by atoms with Crippen molar-refractivity contribution in [2.45, 2.75) is 56.5 Å². The van der Waals surface area contributed by atoms with Crippen LogP contribution in [0.3, 0.4) is 0 Å². The average molecular weight is 265 g/mol. The van der Waals surface area contributed by atoms with Gasteiger partial charge in [-0.05, 0) is 44.6 Å². The third-order valence-corrected chi connectivity index (χ3v) is 4.93. The summed E-state index contributed by atoms with van der Waals surface area (Å²) in [6, 6.07) is 0. The van der Waals surface area contributed by atoms with Gasteiger partial charge in [0.25, 0.3) is 0 Å². The molecule has 19 heavy (non-hydrogen) atoms. The Morgan fingerprint density at radius 1 is 1.32 bits per heavy atom. The molecular formula is C14H23N3O2. The van der Waals surface area contributed by atoms with Gasteiger partial charge in [0.1, 0.15) is 5.60 Å². The van der Waals surface area contributed by atoms with E-state index in [-0.39, 0.29) is 5.60 Å². The standard InChI is InChI=1S/C14H23N3O2/c1-18-14(7-4-8-14)13-16-12(19-17-13)11-6-3-2-5-10(11)9-15/h10-11H,2-9,15H2,1H3. The first-order valence-corrected chi connectivity index (χ1v) is 7.38. The second-order valence-electron chi connectivity index (χ2n) is 5.89. The van der Waals surface area contributed by atoms with E-state index in [4.69, 9.17) is 15.0 Å². The topological polar surface area (TPSA) is 74.2 Å². The Morgan fingerprint density at radius 2 is 2.11 bits per heavy atom. The maximum Gasteiger partial charge on any atom is 0.230 e. The summed E-state index contributed by atoms with van der Waals surface area (Å²) in [5.41, 5.74) is 5.59. The highest BCUT2D eigenvalue weighted by Crippen LogP contribution is 2.44. The molecule has 3 rings (SSSR count). The third-order valence-electron chi connectivity index (χ3n) is 4.93. The quantitative estimate of drug-likeness (QED) is 0.904. The van der Waals surface area contributed by atoms with Gasteiger partial charge >= 0.3 is 0 Å². The van der Waals surface area contributed by atoms with Crippen molar-refractivity contribution in [2.24, 2.45) is 11.7 Å². The van der Waals surface area contributed by atoms with Gasteiger partial charge < -0.3 is 15.0 Å². The largest absolute Gasteiger partial charge is 0.370 e. The van der Waals surface area contributed by atoms with Gasteiger partial charge in [0, 0.05) is 13.0 Å². The number of rotatable bonds is 4. The zero-order valence-corrected chi connectivity index (χ0v) is 11.6. The molecule has 0 saturated heterocycles. The minimum atomic E-state index is -0.283. The Morgan fingerprint density at radius 3 is 2.74 bits per heavy atom. The van der Waals surface area contributed by atoms with Crippen LogP contribution in [0.5, 0.6) is 0 Å². The van der Waals surface area contributed by atoms with Crippen molar-refractivity contribution < 1.29 is 9.26 Å². The molecule has 5 nitrogen and oxygen atoms in total. The van der Waals surface area contributed by atoms with E-state index in [0.717, 1.165) is 31.0 Å². The Bertz CT molecular complexity index is 423. The van der Waals surface area contributed by atoms with Crippen LogP contribution >= 0.6 is 0 Å². The van der Waals surface area contributed by atoms with Gasteiger partial charge in [-0.3, -0.25) is 0 Å². The van der Waals surface area contributed by atoms with Gasteiger partial charge in [-0.15, -0.1) is 0 Å². The smallest absolute Gasteiger partial charge is 0.230 e. The summed E-state index contributed by atoms with van der Waals surface area (Å²) in [5, 5.41) is 4.17. The maximum absolute atomic E-state index is 5.87. The molecule has 2 atom stereocenters. The van der Waals surface area contributed by atoms with Crippen molar-refractivity contribution >= 4 is 0 Å². The van der Waals surface area contributed by atoms with Crippen LogP contribution in [-0.4, -0.2) is 23.8 Å². The summed E-state index contributed by atoms with van der Waals surface area (Å²) in [6.07, 6.45) is 7.95. The van der Waals surface area contributed by atoms with E-state index in [9.17, 15) is 0 Å². The Labute approximate surface area is 113 Å². The molecule has 2 saturated carbocycles. The van der Waals surface area contributed by atoms with Gasteiger partial charge in [-0.1, -0.05) is 18.0 Å². The molecule has 0 radical (unpaired) electrons. The molecule has 0 aromatic carbocycles. The van der Waals surface area contributed by atoms with Gasteiger partial charge in [0.15, 0.2) is 0 Å². The molecular weight excluding hydrogens is 242 g/mol. The molecule has 2 aliphatic carbocycles. The third kappa shape index (κ3) is 2.19. The first-order valence-electron chi connectivity index (χ1n) is 7.38. The van der Waals surface area contributed by atoms with Crippen molar-refractivity contribution in [3.63, 3.8) is 0 Å². The summed E-state index contributed by atoms with van der Waals surface area (Å²) in [4.78, 5) is 4.64. The average Bonchev–Trinajstić information content (AvgIpc) is 2.88.